The Hall–Kier alpha value is -3.28. The van der Waals surface area contributed by atoms with Gasteiger partial charge < -0.3 is 14.2 Å². The molecule has 0 unspecified atom stereocenters. The maximum atomic E-state index is 11.7. The molecule has 0 saturated carbocycles. The number of carbonyl (C=O) groups is 1. The molecule has 0 atom stereocenters. The first kappa shape index (κ1) is 18.1. The monoisotopic (exact) mass is 340 g/mol. The van der Waals surface area contributed by atoms with E-state index >= 15 is 0 Å². The smallest absolute Gasteiger partial charge is 0.277 e. The Labute approximate surface area is 146 Å². The molecule has 0 heterocycles. The zero-order valence-corrected chi connectivity index (χ0v) is 14.1. The van der Waals surface area contributed by atoms with Gasteiger partial charge in [0.15, 0.2) is 18.1 Å². The Morgan fingerprint density at radius 2 is 1.64 bits per heavy atom. The predicted molar refractivity (Wildman–Crippen MR) is 97.2 cm³/mol. The van der Waals surface area contributed by atoms with Crippen LogP contribution < -0.4 is 19.6 Å². The lowest BCUT2D eigenvalue weighted by molar-refractivity contribution is -0.123. The number of benzene rings is 2. The van der Waals surface area contributed by atoms with Crippen LogP contribution in [0.25, 0.3) is 6.08 Å². The number of rotatable bonds is 8. The lowest BCUT2D eigenvalue weighted by atomic mass is 10.2. The standard InChI is InChI=1S/C19H20N2O4/c1-23-16-10-4-3-8-15(16)9-7-13-20-21-19(22)14-25-18-12-6-5-11-17(18)24-2/h3-13H,14H2,1-2H3,(H,21,22)/b9-7+,20-13-. The number of hydrazone groups is 1. The van der Waals surface area contributed by atoms with Crippen molar-refractivity contribution in [3.8, 4) is 17.2 Å². The van der Waals surface area contributed by atoms with Gasteiger partial charge in [0.1, 0.15) is 5.75 Å². The van der Waals surface area contributed by atoms with Crippen LogP contribution in [0.4, 0.5) is 0 Å². The Morgan fingerprint density at radius 1 is 1.00 bits per heavy atom. The molecule has 6 nitrogen and oxygen atoms in total. The van der Waals surface area contributed by atoms with Crippen LogP contribution in [0.3, 0.4) is 0 Å². The highest BCUT2D eigenvalue weighted by molar-refractivity contribution is 5.82. The minimum Gasteiger partial charge on any atom is -0.496 e. The van der Waals surface area contributed by atoms with Crippen LogP contribution in [0.1, 0.15) is 5.56 Å². The fraction of sp³-hybridized carbons (Fsp3) is 0.158. The number of para-hydroxylation sites is 3. The second-order valence-corrected chi connectivity index (χ2v) is 4.85. The summed E-state index contributed by atoms with van der Waals surface area (Å²) in [6.45, 7) is -0.159. The molecule has 2 aromatic rings. The molecule has 1 amide bonds. The summed E-state index contributed by atoms with van der Waals surface area (Å²) in [7, 11) is 3.16. The Bertz CT molecular complexity index is 757. The minimum atomic E-state index is -0.368. The molecule has 130 valence electrons. The maximum Gasteiger partial charge on any atom is 0.277 e. The summed E-state index contributed by atoms with van der Waals surface area (Å²) >= 11 is 0. The van der Waals surface area contributed by atoms with Crippen molar-refractivity contribution < 1.29 is 19.0 Å². The fourth-order valence-electron chi connectivity index (χ4n) is 2.02. The summed E-state index contributed by atoms with van der Waals surface area (Å²) in [4.78, 5) is 11.7. The summed E-state index contributed by atoms with van der Waals surface area (Å²) < 4.78 is 15.8. The third-order valence-corrected chi connectivity index (χ3v) is 3.19. The van der Waals surface area contributed by atoms with Crippen LogP contribution in [0.15, 0.2) is 59.7 Å². The van der Waals surface area contributed by atoms with Crippen molar-refractivity contribution in [2.24, 2.45) is 5.10 Å². The summed E-state index contributed by atoms with van der Waals surface area (Å²) in [5.41, 5.74) is 3.31. The Balaban J connectivity index is 1.79. The first-order valence-electron chi connectivity index (χ1n) is 7.62. The largest absolute Gasteiger partial charge is 0.496 e. The molecule has 0 aliphatic rings. The average Bonchev–Trinajstić information content (AvgIpc) is 2.66. The normalized spacial score (nSPS) is 10.8. The van der Waals surface area contributed by atoms with Crippen LogP contribution in [-0.2, 0) is 4.79 Å². The number of nitrogens with zero attached hydrogens (tertiary/aromatic N) is 1. The van der Waals surface area contributed by atoms with E-state index in [9.17, 15) is 4.79 Å². The molecule has 6 heteroatoms. The van der Waals surface area contributed by atoms with E-state index in [4.69, 9.17) is 14.2 Å². The van der Waals surface area contributed by atoms with Crippen LogP contribution in [0.2, 0.25) is 0 Å². The molecule has 0 aromatic heterocycles. The number of amides is 1. The molecule has 0 fully saturated rings. The van der Waals surface area contributed by atoms with Crippen LogP contribution >= 0.6 is 0 Å². The van der Waals surface area contributed by atoms with E-state index in [-0.39, 0.29) is 12.5 Å². The van der Waals surface area contributed by atoms with Gasteiger partial charge in [-0.05, 0) is 30.4 Å². The first-order chi connectivity index (χ1) is 12.2. The van der Waals surface area contributed by atoms with E-state index < -0.39 is 0 Å². The Morgan fingerprint density at radius 3 is 2.36 bits per heavy atom. The van der Waals surface area contributed by atoms with Gasteiger partial charge in [-0.25, -0.2) is 5.43 Å². The molecule has 2 rings (SSSR count). The molecule has 25 heavy (non-hydrogen) atoms. The number of allylic oxidation sites excluding steroid dienone is 1. The van der Waals surface area contributed by atoms with Gasteiger partial charge in [0.25, 0.3) is 5.91 Å². The molecular formula is C19H20N2O4. The highest BCUT2D eigenvalue weighted by Gasteiger charge is 2.05. The summed E-state index contributed by atoms with van der Waals surface area (Å²) in [5, 5.41) is 3.83. The van der Waals surface area contributed by atoms with Crippen molar-refractivity contribution >= 4 is 18.2 Å². The van der Waals surface area contributed by atoms with Gasteiger partial charge in [0.05, 0.1) is 14.2 Å². The first-order valence-corrected chi connectivity index (χ1v) is 7.62. The average molecular weight is 340 g/mol. The van der Waals surface area contributed by atoms with Gasteiger partial charge >= 0.3 is 0 Å². The van der Waals surface area contributed by atoms with Gasteiger partial charge in [-0.15, -0.1) is 0 Å². The van der Waals surface area contributed by atoms with E-state index in [1.165, 1.54) is 6.21 Å². The van der Waals surface area contributed by atoms with Crippen LogP contribution in [0.5, 0.6) is 17.2 Å². The van der Waals surface area contributed by atoms with Crippen molar-refractivity contribution in [3.05, 3.63) is 60.2 Å². The SMILES string of the molecule is COc1ccccc1/C=C/C=N\NC(=O)COc1ccccc1OC. The summed E-state index contributed by atoms with van der Waals surface area (Å²) in [6.07, 6.45) is 5.02. The van der Waals surface area contributed by atoms with Crippen molar-refractivity contribution in [1.82, 2.24) is 5.43 Å². The van der Waals surface area contributed by atoms with Gasteiger partial charge in [-0.2, -0.15) is 5.10 Å². The zero-order chi connectivity index (χ0) is 17.9. The van der Waals surface area contributed by atoms with E-state index in [0.717, 1.165) is 11.3 Å². The molecule has 2 aromatic carbocycles. The maximum absolute atomic E-state index is 11.7. The van der Waals surface area contributed by atoms with Gasteiger partial charge in [0.2, 0.25) is 0 Å². The van der Waals surface area contributed by atoms with Crippen LogP contribution in [0, 0.1) is 0 Å². The van der Waals surface area contributed by atoms with Gasteiger partial charge in [0, 0.05) is 11.8 Å². The van der Waals surface area contributed by atoms with E-state index in [1.807, 2.05) is 36.4 Å². The topological polar surface area (TPSA) is 69.2 Å². The number of hydrogen-bond donors (Lipinski definition) is 1. The third-order valence-electron chi connectivity index (χ3n) is 3.19. The van der Waals surface area contributed by atoms with Gasteiger partial charge in [-0.3, -0.25) is 4.79 Å². The van der Waals surface area contributed by atoms with Crippen molar-refractivity contribution in [3.63, 3.8) is 0 Å². The van der Waals surface area contributed by atoms with E-state index in [1.54, 1.807) is 38.5 Å². The number of carbonyl (C=O) groups excluding carboxylic acids is 1. The quantitative estimate of drug-likeness (QED) is 0.593. The number of ether oxygens (including phenoxy) is 3. The molecule has 0 aliphatic heterocycles. The number of hydrogen-bond acceptors (Lipinski definition) is 5. The zero-order valence-electron chi connectivity index (χ0n) is 14.1. The Kier molecular flexibility index (Phi) is 7.06. The highest BCUT2D eigenvalue weighted by atomic mass is 16.5. The number of methoxy groups -OCH3 is 2. The third kappa shape index (κ3) is 5.69. The van der Waals surface area contributed by atoms with E-state index in [2.05, 4.69) is 10.5 Å². The molecule has 0 saturated heterocycles. The summed E-state index contributed by atoms with van der Waals surface area (Å²) in [6, 6.07) is 14.7. The lowest BCUT2D eigenvalue weighted by Crippen LogP contribution is -2.24. The van der Waals surface area contributed by atoms with Crippen molar-refractivity contribution in [2.45, 2.75) is 0 Å². The molecule has 0 spiro atoms. The second-order valence-electron chi connectivity index (χ2n) is 4.85. The van der Waals surface area contributed by atoms with E-state index in [0.29, 0.717) is 11.5 Å². The molecule has 0 radical (unpaired) electrons. The van der Waals surface area contributed by atoms with Crippen LogP contribution in [-0.4, -0.2) is 32.9 Å². The lowest BCUT2D eigenvalue weighted by Gasteiger charge is -2.08. The number of nitrogens with one attached hydrogen (secondary N) is 1. The second kappa shape index (κ2) is 9.77. The summed E-state index contributed by atoms with van der Waals surface area (Å²) in [5.74, 6) is 1.47. The fourth-order valence-corrected chi connectivity index (χ4v) is 2.02. The van der Waals surface area contributed by atoms with Crippen molar-refractivity contribution in [1.29, 1.82) is 0 Å². The van der Waals surface area contributed by atoms with Gasteiger partial charge in [-0.1, -0.05) is 30.3 Å². The molecule has 0 bridgehead atoms. The van der Waals surface area contributed by atoms with Crippen molar-refractivity contribution in [2.75, 3.05) is 20.8 Å². The molecule has 0 aliphatic carbocycles. The molecule has 1 N–H and O–H groups in total. The minimum absolute atomic E-state index is 0.159. The predicted octanol–water partition coefficient (Wildman–Crippen LogP) is 2.90. The molecular weight excluding hydrogens is 320 g/mol. The highest BCUT2D eigenvalue weighted by Crippen LogP contribution is 2.25.